The van der Waals surface area contributed by atoms with Crippen molar-refractivity contribution in [3.05, 3.63) is 47.7 Å². The molecule has 118 valence electrons. The number of carbonyl (C=O) groups excluding carboxylic acids is 1. The highest BCUT2D eigenvalue weighted by atomic mass is 16.1. The molecule has 0 unspecified atom stereocenters. The minimum atomic E-state index is -0.357. The summed E-state index contributed by atoms with van der Waals surface area (Å²) in [4.78, 5) is 20.6. The Bertz CT molecular complexity index is 822. The number of nitrogens with zero attached hydrogens (tertiary/aromatic N) is 5. The van der Waals surface area contributed by atoms with Crippen LogP contribution in [0.15, 0.2) is 30.6 Å². The van der Waals surface area contributed by atoms with Crippen molar-refractivity contribution in [2.45, 2.75) is 19.9 Å². The maximum absolute atomic E-state index is 12.4. The third-order valence-electron chi connectivity index (χ3n) is 3.40. The van der Waals surface area contributed by atoms with Gasteiger partial charge in [-0.05, 0) is 26.0 Å². The summed E-state index contributed by atoms with van der Waals surface area (Å²) < 4.78 is 1.62. The average Bonchev–Trinajstić information content (AvgIpc) is 3.14. The number of aromatic nitrogens is 6. The topological polar surface area (TPSA) is 127 Å². The van der Waals surface area contributed by atoms with Crippen LogP contribution in [0.1, 0.15) is 34.8 Å². The number of nitrogens with two attached hydrogens (primary N) is 1. The van der Waals surface area contributed by atoms with E-state index in [-0.39, 0.29) is 17.9 Å². The maximum atomic E-state index is 12.4. The molecule has 3 heterocycles. The largest absolute Gasteiger partial charge is 0.367 e. The van der Waals surface area contributed by atoms with Crippen LogP contribution >= 0.6 is 0 Å². The molecule has 0 radical (unpaired) electrons. The SMILES string of the molecule is Cc1c(C(=O)N[C@H](C)c2nc(N)n[nH]2)cnn1-c1ccccn1. The molecule has 0 saturated carbocycles. The lowest BCUT2D eigenvalue weighted by Gasteiger charge is -2.10. The lowest BCUT2D eigenvalue weighted by Crippen LogP contribution is -2.27. The van der Waals surface area contributed by atoms with Crippen LogP contribution in [0.5, 0.6) is 0 Å². The van der Waals surface area contributed by atoms with E-state index in [1.807, 2.05) is 25.1 Å². The van der Waals surface area contributed by atoms with Crippen LogP contribution in [-0.2, 0) is 0 Å². The zero-order chi connectivity index (χ0) is 16.4. The van der Waals surface area contributed by atoms with Crippen molar-refractivity contribution in [3.8, 4) is 5.82 Å². The summed E-state index contributed by atoms with van der Waals surface area (Å²) >= 11 is 0. The molecule has 4 N–H and O–H groups in total. The van der Waals surface area contributed by atoms with Crippen LogP contribution in [0.2, 0.25) is 0 Å². The van der Waals surface area contributed by atoms with Crippen LogP contribution in [0.25, 0.3) is 5.82 Å². The van der Waals surface area contributed by atoms with Gasteiger partial charge in [0.05, 0.1) is 23.5 Å². The highest BCUT2D eigenvalue weighted by Gasteiger charge is 2.19. The quantitative estimate of drug-likeness (QED) is 0.653. The minimum absolute atomic E-state index is 0.139. The van der Waals surface area contributed by atoms with Gasteiger partial charge in [0.2, 0.25) is 5.95 Å². The molecule has 9 heteroatoms. The highest BCUT2D eigenvalue weighted by molar-refractivity contribution is 5.95. The summed E-state index contributed by atoms with van der Waals surface area (Å²) in [5.74, 6) is 1.03. The Hall–Kier alpha value is -3.23. The van der Waals surface area contributed by atoms with E-state index in [0.29, 0.717) is 22.9 Å². The van der Waals surface area contributed by atoms with Crippen molar-refractivity contribution in [2.75, 3.05) is 5.73 Å². The van der Waals surface area contributed by atoms with E-state index in [1.54, 1.807) is 17.8 Å². The summed E-state index contributed by atoms with van der Waals surface area (Å²) in [5, 5.41) is 13.5. The molecule has 1 amide bonds. The Morgan fingerprint density at radius 2 is 2.26 bits per heavy atom. The number of carbonyl (C=O) groups is 1. The van der Waals surface area contributed by atoms with Crippen molar-refractivity contribution in [1.82, 2.24) is 35.3 Å². The van der Waals surface area contributed by atoms with Crippen molar-refractivity contribution < 1.29 is 4.79 Å². The highest BCUT2D eigenvalue weighted by Crippen LogP contribution is 2.14. The predicted molar refractivity (Wildman–Crippen MR) is 82.8 cm³/mol. The van der Waals surface area contributed by atoms with Gasteiger partial charge < -0.3 is 11.1 Å². The van der Waals surface area contributed by atoms with Gasteiger partial charge in [-0.15, -0.1) is 5.10 Å². The standard InChI is InChI=1S/C14H16N8O/c1-8(12-19-14(15)21-20-12)18-13(23)10-7-17-22(9(10)2)11-5-3-4-6-16-11/h3-8H,1-2H3,(H,18,23)(H3,15,19,20,21)/t8-/m1/s1. The zero-order valence-electron chi connectivity index (χ0n) is 12.7. The van der Waals surface area contributed by atoms with E-state index in [1.165, 1.54) is 6.20 Å². The normalized spacial score (nSPS) is 12.1. The minimum Gasteiger partial charge on any atom is -0.367 e. The molecule has 0 aliphatic rings. The van der Waals surface area contributed by atoms with Gasteiger partial charge in [-0.25, -0.2) is 9.67 Å². The molecule has 3 aromatic heterocycles. The molecule has 1 atom stereocenters. The Labute approximate surface area is 132 Å². The first-order valence-corrected chi connectivity index (χ1v) is 7.01. The molecule has 3 rings (SSSR count). The number of nitrogen functional groups attached to an aromatic ring is 1. The van der Waals surface area contributed by atoms with E-state index in [0.717, 1.165) is 0 Å². The summed E-state index contributed by atoms with van der Waals surface area (Å²) in [7, 11) is 0. The van der Waals surface area contributed by atoms with E-state index in [4.69, 9.17) is 5.73 Å². The second kappa shape index (κ2) is 5.87. The van der Waals surface area contributed by atoms with Gasteiger partial charge in [-0.2, -0.15) is 10.1 Å². The monoisotopic (exact) mass is 312 g/mol. The van der Waals surface area contributed by atoms with Gasteiger partial charge in [0.15, 0.2) is 5.82 Å². The molecule has 0 saturated heterocycles. The third-order valence-corrected chi connectivity index (χ3v) is 3.40. The lowest BCUT2D eigenvalue weighted by molar-refractivity contribution is 0.0937. The molecule has 0 spiro atoms. The predicted octanol–water partition coefficient (Wildman–Crippen LogP) is 0.767. The fourth-order valence-electron chi connectivity index (χ4n) is 2.17. The van der Waals surface area contributed by atoms with Crippen molar-refractivity contribution in [3.63, 3.8) is 0 Å². The first-order chi connectivity index (χ1) is 11.1. The fourth-order valence-corrected chi connectivity index (χ4v) is 2.17. The van der Waals surface area contributed by atoms with Crippen molar-refractivity contribution >= 4 is 11.9 Å². The Balaban J connectivity index is 1.79. The average molecular weight is 312 g/mol. The zero-order valence-corrected chi connectivity index (χ0v) is 12.7. The summed E-state index contributed by atoms with van der Waals surface area (Å²) in [6.45, 7) is 3.60. The van der Waals surface area contributed by atoms with Gasteiger partial charge in [0.1, 0.15) is 5.82 Å². The number of nitrogens with one attached hydrogen (secondary N) is 2. The summed E-state index contributed by atoms with van der Waals surface area (Å²) in [6, 6.07) is 5.15. The van der Waals surface area contributed by atoms with Crippen molar-refractivity contribution in [1.29, 1.82) is 0 Å². The number of hydrogen-bond donors (Lipinski definition) is 3. The number of amides is 1. The van der Waals surface area contributed by atoms with Crippen LogP contribution < -0.4 is 11.1 Å². The number of H-pyrrole nitrogens is 1. The molecular weight excluding hydrogens is 296 g/mol. The first-order valence-electron chi connectivity index (χ1n) is 7.01. The third kappa shape index (κ3) is 2.89. The van der Waals surface area contributed by atoms with E-state index < -0.39 is 0 Å². The molecule has 0 bridgehead atoms. The van der Waals surface area contributed by atoms with Crippen LogP contribution in [0.3, 0.4) is 0 Å². The summed E-state index contributed by atoms with van der Waals surface area (Å²) in [5.41, 5.74) is 6.63. The number of hydrogen-bond acceptors (Lipinski definition) is 6. The van der Waals surface area contributed by atoms with Crippen LogP contribution in [-0.4, -0.2) is 35.9 Å². The van der Waals surface area contributed by atoms with Gasteiger partial charge in [-0.1, -0.05) is 6.07 Å². The maximum Gasteiger partial charge on any atom is 0.255 e. The molecular formula is C14H16N8O. The molecule has 0 aromatic carbocycles. The molecule has 23 heavy (non-hydrogen) atoms. The number of aromatic amines is 1. The number of anilines is 1. The second-order valence-corrected chi connectivity index (χ2v) is 5.02. The molecule has 0 aliphatic carbocycles. The molecule has 3 aromatic rings. The Morgan fingerprint density at radius 3 is 2.91 bits per heavy atom. The smallest absolute Gasteiger partial charge is 0.255 e. The molecule has 0 aliphatic heterocycles. The second-order valence-electron chi connectivity index (χ2n) is 5.02. The lowest BCUT2D eigenvalue weighted by atomic mass is 10.2. The van der Waals surface area contributed by atoms with Crippen LogP contribution in [0, 0.1) is 6.92 Å². The van der Waals surface area contributed by atoms with Gasteiger partial charge in [0.25, 0.3) is 5.91 Å². The fraction of sp³-hybridized carbons (Fsp3) is 0.214. The van der Waals surface area contributed by atoms with E-state index >= 15 is 0 Å². The number of rotatable bonds is 4. The van der Waals surface area contributed by atoms with Gasteiger partial charge in [-0.3, -0.25) is 9.89 Å². The van der Waals surface area contributed by atoms with Crippen molar-refractivity contribution in [2.24, 2.45) is 0 Å². The Morgan fingerprint density at radius 1 is 1.43 bits per heavy atom. The molecule has 0 fully saturated rings. The Kier molecular flexibility index (Phi) is 3.75. The van der Waals surface area contributed by atoms with Gasteiger partial charge >= 0.3 is 0 Å². The molecule has 9 nitrogen and oxygen atoms in total. The number of pyridine rings is 1. The van der Waals surface area contributed by atoms with E-state index in [2.05, 4.69) is 30.6 Å². The van der Waals surface area contributed by atoms with Gasteiger partial charge in [0, 0.05) is 6.20 Å². The van der Waals surface area contributed by atoms with Crippen LogP contribution in [0.4, 0.5) is 5.95 Å². The first kappa shape index (κ1) is 14.7. The summed E-state index contributed by atoms with van der Waals surface area (Å²) in [6.07, 6.45) is 3.19. The van der Waals surface area contributed by atoms with E-state index in [9.17, 15) is 4.79 Å².